The van der Waals surface area contributed by atoms with Crippen molar-refractivity contribution in [3.05, 3.63) is 35.9 Å². The van der Waals surface area contributed by atoms with Crippen molar-refractivity contribution in [2.75, 3.05) is 6.61 Å². The van der Waals surface area contributed by atoms with Crippen LogP contribution in [0.4, 0.5) is 0 Å². The third-order valence-corrected chi connectivity index (χ3v) is 2.34. The first-order valence-corrected chi connectivity index (χ1v) is 5.55. The van der Waals surface area contributed by atoms with Gasteiger partial charge in [0.05, 0.1) is 18.8 Å². The van der Waals surface area contributed by atoms with E-state index in [2.05, 4.69) is 5.32 Å². The highest BCUT2D eigenvalue weighted by molar-refractivity contribution is 5.19. The molecule has 90 valence electrons. The maximum Gasteiger partial charge on any atom is 0.0965 e. The maximum absolute atomic E-state index is 10.1. The van der Waals surface area contributed by atoms with Gasteiger partial charge in [0.15, 0.2) is 0 Å². The first kappa shape index (κ1) is 13.2. The van der Waals surface area contributed by atoms with Crippen LogP contribution in [0.5, 0.6) is 0 Å². The molecule has 0 radical (unpaired) electrons. The summed E-state index contributed by atoms with van der Waals surface area (Å²) in [7, 11) is 0. The van der Waals surface area contributed by atoms with E-state index in [9.17, 15) is 10.2 Å². The molecule has 0 saturated carbocycles. The van der Waals surface area contributed by atoms with Gasteiger partial charge in [-0.2, -0.15) is 0 Å². The number of nitrogens with one attached hydrogen (secondary N) is 1. The Hall–Kier alpha value is -0.900. The smallest absolute Gasteiger partial charge is 0.0965 e. The average molecular weight is 223 g/mol. The Bertz CT molecular complexity index is 305. The topological polar surface area (TPSA) is 52.5 Å². The Morgan fingerprint density at radius 2 is 1.75 bits per heavy atom. The largest absolute Gasteiger partial charge is 0.395 e. The Morgan fingerprint density at radius 3 is 2.19 bits per heavy atom. The molecule has 3 heteroatoms. The fourth-order valence-electron chi connectivity index (χ4n) is 1.66. The summed E-state index contributed by atoms with van der Waals surface area (Å²) in [4.78, 5) is 0. The number of aliphatic hydroxyl groups is 2. The highest BCUT2D eigenvalue weighted by Crippen LogP contribution is 2.18. The van der Waals surface area contributed by atoms with Gasteiger partial charge >= 0.3 is 0 Å². The summed E-state index contributed by atoms with van der Waals surface area (Å²) in [5, 5.41) is 22.6. The van der Waals surface area contributed by atoms with Crippen molar-refractivity contribution in [3.63, 3.8) is 0 Å². The van der Waals surface area contributed by atoms with Crippen molar-refractivity contribution in [1.29, 1.82) is 0 Å². The zero-order chi connectivity index (χ0) is 12.2. The summed E-state index contributed by atoms with van der Waals surface area (Å²) in [6, 6.07) is 9.03. The van der Waals surface area contributed by atoms with Crippen LogP contribution in [-0.2, 0) is 0 Å². The molecule has 0 saturated heterocycles. The van der Waals surface area contributed by atoms with Gasteiger partial charge < -0.3 is 15.5 Å². The molecule has 1 aromatic rings. The molecule has 3 nitrogen and oxygen atoms in total. The van der Waals surface area contributed by atoms with Gasteiger partial charge in [-0.3, -0.25) is 0 Å². The zero-order valence-corrected chi connectivity index (χ0v) is 10.1. The highest BCUT2D eigenvalue weighted by Gasteiger charge is 2.24. The van der Waals surface area contributed by atoms with E-state index in [0.29, 0.717) is 0 Å². The van der Waals surface area contributed by atoms with Crippen LogP contribution >= 0.6 is 0 Å². The standard InChI is InChI=1S/C13H21NO2/c1-13(2,3)14-11(9-15)12(16)10-7-5-4-6-8-10/h4-8,11-12,14-16H,9H2,1-3H3/t11-,12+/m0/s1. The second-order valence-electron chi connectivity index (χ2n) is 5.04. The molecule has 0 aliphatic heterocycles. The van der Waals surface area contributed by atoms with Crippen LogP contribution in [0, 0.1) is 0 Å². The van der Waals surface area contributed by atoms with Gasteiger partial charge in [-0.15, -0.1) is 0 Å². The van der Waals surface area contributed by atoms with Gasteiger partial charge in [0.25, 0.3) is 0 Å². The van der Waals surface area contributed by atoms with E-state index in [1.54, 1.807) is 0 Å². The molecule has 0 amide bonds. The van der Waals surface area contributed by atoms with Crippen LogP contribution in [0.3, 0.4) is 0 Å². The molecule has 0 aliphatic carbocycles. The van der Waals surface area contributed by atoms with Crippen LogP contribution in [0.2, 0.25) is 0 Å². The summed E-state index contributed by atoms with van der Waals surface area (Å²) in [5.74, 6) is 0. The fraction of sp³-hybridized carbons (Fsp3) is 0.538. The minimum Gasteiger partial charge on any atom is -0.395 e. The van der Waals surface area contributed by atoms with Crippen LogP contribution in [0.25, 0.3) is 0 Å². The Morgan fingerprint density at radius 1 is 1.19 bits per heavy atom. The summed E-state index contributed by atoms with van der Waals surface area (Å²) in [5.41, 5.74) is 0.682. The third kappa shape index (κ3) is 3.93. The molecule has 0 aromatic heterocycles. The monoisotopic (exact) mass is 223 g/mol. The molecule has 1 aromatic carbocycles. The molecule has 2 atom stereocenters. The minimum absolute atomic E-state index is 0.0899. The van der Waals surface area contributed by atoms with Crippen molar-refractivity contribution >= 4 is 0 Å². The molecule has 3 N–H and O–H groups in total. The zero-order valence-electron chi connectivity index (χ0n) is 10.1. The predicted octanol–water partition coefficient (Wildman–Crippen LogP) is 1.47. The van der Waals surface area contributed by atoms with Crippen molar-refractivity contribution in [3.8, 4) is 0 Å². The van der Waals surface area contributed by atoms with Gasteiger partial charge in [-0.25, -0.2) is 0 Å². The van der Waals surface area contributed by atoms with E-state index in [0.717, 1.165) is 5.56 Å². The molecular weight excluding hydrogens is 202 g/mol. The van der Waals surface area contributed by atoms with Gasteiger partial charge in [-0.05, 0) is 26.3 Å². The van der Waals surface area contributed by atoms with E-state index in [1.807, 2.05) is 51.1 Å². The number of rotatable bonds is 4. The normalized spacial score (nSPS) is 15.8. The highest BCUT2D eigenvalue weighted by atomic mass is 16.3. The molecule has 0 spiro atoms. The third-order valence-electron chi connectivity index (χ3n) is 2.34. The maximum atomic E-state index is 10.1. The first-order valence-electron chi connectivity index (χ1n) is 5.55. The van der Waals surface area contributed by atoms with Crippen LogP contribution in [0.15, 0.2) is 30.3 Å². The molecule has 0 unspecified atom stereocenters. The minimum atomic E-state index is -0.689. The van der Waals surface area contributed by atoms with Crippen LogP contribution in [0.1, 0.15) is 32.4 Å². The molecule has 0 fully saturated rings. The summed E-state index contributed by atoms with van der Waals surface area (Å²) in [6.07, 6.45) is -0.689. The number of hydrogen-bond donors (Lipinski definition) is 3. The van der Waals surface area contributed by atoms with Gasteiger partial charge in [0.2, 0.25) is 0 Å². The first-order chi connectivity index (χ1) is 7.44. The summed E-state index contributed by atoms with van der Waals surface area (Å²) < 4.78 is 0. The number of hydrogen-bond acceptors (Lipinski definition) is 3. The molecule has 1 rings (SSSR count). The predicted molar refractivity (Wildman–Crippen MR) is 65.2 cm³/mol. The van der Waals surface area contributed by atoms with E-state index in [4.69, 9.17) is 0 Å². The number of aliphatic hydroxyl groups excluding tert-OH is 2. The summed E-state index contributed by atoms with van der Waals surface area (Å²) >= 11 is 0. The summed E-state index contributed by atoms with van der Waals surface area (Å²) in [6.45, 7) is 5.93. The van der Waals surface area contributed by atoms with Crippen molar-refractivity contribution < 1.29 is 10.2 Å². The lowest BCUT2D eigenvalue weighted by atomic mass is 9.99. The van der Waals surface area contributed by atoms with Crippen molar-refractivity contribution in [2.45, 2.75) is 38.5 Å². The van der Waals surface area contributed by atoms with Gasteiger partial charge in [0, 0.05) is 5.54 Å². The van der Waals surface area contributed by atoms with E-state index in [-0.39, 0.29) is 18.2 Å². The van der Waals surface area contributed by atoms with E-state index in [1.165, 1.54) is 0 Å². The van der Waals surface area contributed by atoms with E-state index >= 15 is 0 Å². The Balaban J connectivity index is 2.74. The Labute approximate surface area is 97.1 Å². The quantitative estimate of drug-likeness (QED) is 0.724. The fourth-order valence-corrected chi connectivity index (χ4v) is 1.66. The van der Waals surface area contributed by atoms with E-state index < -0.39 is 6.10 Å². The van der Waals surface area contributed by atoms with Gasteiger partial charge in [0.1, 0.15) is 0 Å². The molecule has 0 bridgehead atoms. The van der Waals surface area contributed by atoms with Crippen LogP contribution in [-0.4, -0.2) is 28.4 Å². The Kier molecular flexibility index (Phi) is 4.47. The number of benzene rings is 1. The van der Waals surface area contributed by atoms with Gasteiger partial charge in [-0.1, -0.05) is 30.3 Å². The lowest BCUT2D eigenvalue weighted by Gasteiger charge is -2.30. The molecule has 0 aliphatic rings. The lowest BCUT2D eigenvalue weighted by molar-refractivity contribution is 0.0759. The molecule has 0 heterocycles. The average Bonchev–Trinajstić information content (AvgIpc) is 2.25. The lowest BCUT2D eigenvalue weighted by Crippen LogP contribution is -2.48. The second kappa shape index (κ2) is 5.43. The van der Waals surface area contributed by atoms with Crippen molar-refractivity contribution in [2.24, 2.45) is 0 Å². The molecular formula is C13H21NO2. The second-order valence-corrected chi connectivity index (χ2v) is 5.04. The molecule has 16 heavy (non-hydrogen) atoms. The SMILES string of the molecule is CC(C)(C)N[C@@H](CO)[C@H](O)c1ccccc1. The van der Waals surface area contributed by atoms with Crippen LogP contribution < -0.4 is 5.32 Å². The van der Waals surface area contributed by atoms with Crippen molar-refractivity contribution in [1.82, 2.24) is 5.32 Å².